The molecule has 3 N–H and O–H groups in total. The number of aromatic nitrogens is 5. The number of hydrogen-bond donors (Lipinski definition) is 2. The van der Waals surface area contributed by atoms with Gasteiger partial charge in [0.2, 0.25) is 5.88 Å². The van der Waals surface area contributed by atoms with E-state index < -0.39 is 0 Å². The Bertz CT molecular complexity index is 1610. The smallest absolute Gasteiger partial charge is 0.274 e. The average molecular weight is 502 g/mol. The number of carbonyl (C=O) groups excluding carboxylic acids is 1. The minimum atomic E-state index is -0.343. The van der Waals surface area contributed by atoms with E-state index in [9.17, 15) is 4.79 Å². The second-order valence-corrected chi connectivity index (χ2v) is 8.96. The lowest BCUT2D eigenvalue weighted by molar-refractivity contribution is 0.0946. The molecule has 0 aliphatic heterocycles. The summed E-state index contributed by atoms with van der Waals surface area (Å²) in [6.07, 6.45) is 1.62. The molecule has 0 aliphatic rings. The van der Waals surface area contributed by atoms with Crippen LogP contribution in [0.3, 0.4) is 0 Å². The number of aryl methyl sites for hydroxylation is 2. The third kappa shape index (κ3) is 4.52. The third-order valence-corrected chi connectivity index (χ3v) is 6.25. The van der Waals surface area contributed by atoms with Gasteiger partial charge in [0.25, 0.3) is 5.91 Å². The SMILES string of the molecule is COc1ccc2c(n1)c(C(=O)NCc1c(C)cc(N)nc1C)nn2Cc1ccc2ncc(Cl)cc2c1. The van der Waals surface area contributed by atoms with E-state index in [0.29, 0.717) is 40.8 Å². The maximum absolute atomic E-state index is 13.3. The number of benzene rings is 1. The lowest BCUT2D eigenvalue weighted by atomic mass is 10.1. The van der Waals surface area contributed by atoms with Gasteiger partial charge in [-0.1, -0.05) is 17.7 Å². The highest BCUT2D eigenvalue weighted by atomic mass is 35.5. The summed E-state index contributed by atoms with van der Waals surface area (Å²) in [6.45, 7) is 4.53. The Balaban J connectivity index is 1.48. The molecule has 0 atom stereocenters. The molecule has 5 aromatic rings. The van der Waals surface area contributed by atoms with E-state index in [2.05, 4.69) is 25.4 Å². The van der Waals surface area contributed by atoms with E-state index in [1.165, 1.54) is 7.11 Å². The number of hydrogen-bond acceptors (Lipinski definition) is 7. The Morgan fingerprint density at radius 3 is 2.75 bits per heavy atom. The van der Waals surface area contributed by atoms with Crippen LogP contribution in [0.15, 0.2) is 48.7 Å². The number of nitrogens with two attached hydrogens (primary N) is 1. The molecular formula is C26H24ClN7O2. The van der Waals surface area contributed by atoms with Gasteiger partial charge in [0.05, 0.1) is 29.7 Å². The highest BCUT2D eigenvalue weighted by Crippen LogP contribution is 2.24. The summed E-state index contributed by atoms with van der Waals surface area (Å²) in [5.74, 6) is 0.509. The number of carbonyl (C=O) groups is 1. The van der Waals surface area contributed by atoms with Gasteiger partial charge in [-0.3, -0.25) is 14.5 Å². The van der Waals surface area contributed by atoms with Gasteiger partial charge in [0.1, 0.15) is 11.3 Å². The molecule has 0 spiro atoms. The van der Waals surface area contributed by atoms with Crippen LogP contribution in [0.2, 0.25) is 5.02 Å². The van der Waals surface area contributed by atoms with Gasteiger partial charge < -0.3 is 15.8 Å². The molecule has 182 valence electrons. The second kappa shape index (κ2) is 9.43. The van der Waals surface area contributed by atoms with Crippen LogP contribution in [-0.4, -0.2) is 37.7 Å². The number of halogens is 1. The summed E-state index contributed by atoms with van der Waals surface area (Å²) in [6, 6.07) is 13.2. The summed E-state index contributed by atoms with van der Waals surface area (Å²) < 4.78 is 7.06. The quantitative estimate of drug-likeness (QED) is 0.357. The van der Waals surface area contributed by atoms with Crippen molar-refractivity contribution in [3.05, 3.63) is 81.8 Å². The van der Waals surface area contributed by atoms with Crippen molar-refractivity contribution in [2.45, 2.75) is 26.9 Å². The van der Waals surface area contributed by atoms with Crippen LogP contribution in [0.1, 0.15) is 32.9 Å². The number of nitrogen functional groups attached to an aromatic ring is 1. The number of pyridine rings is 3. The van der Waals surface area contributed by atoms with Gasteiger partial charge in [-0.2, -0.15) is 5.10 Å². The van der Waals surface area contributed by atoms with Gasteiger partial charge in [-0.15, -0.1) is 0 Å². The normalized spacial score (nSPS) is 11.2. The van der Waals surface area contributed by atoms with Crippen molar-refractivity contribution in [2.75, 3.05) is 12.8 Å². The number of nitrogens with one attached hydrogen (secondary N) is 1. The highest BCUT2D eigenvalue weighted by Gasteiger charge is 2.20. The summed E-state index contributed by atoms with van der Waals surface area (Å²) in [7, 11) is 1.53. The van der Waals surface area contributed by atoms with Crippen LogP contribution in [0.5, 0.6) is 5.88 Å². The summed E-state index contributed by atoms with van der Waals surface area (Å²) >= 11 is 6.12. The second-order valence-electron chi connectivity index (χ2n) is 8.52. The Labute approximate surface area is 212 Å². The van der Waals surface area contributed by atoms with E-state index in [0.717, 1.165) is 33.3 Å². The molecule has 0 saturated heterocycles. The fraction of sp³-hybridized carbons (Fsp3) is 0.192. The van der Waals surface area contributed by atoms with Crippen molar-refractivity contribution < 1.29 is 9.53 Å². The molecule has 1 aromatic carbocycles. The van der Waals surface area contributed by atoms with Crippen molar-refractivity contribution in [3.8, 4) is 5.88 Å². The van der Waals surface area contributed by atoms with Crippen LogP contribution in [-0.2, 0) is 13.1 Å². The number of ether oxygens (including phenoxy) is 1. The molecule has 5 rings (SSSR count). The first-order chi connectivity index (χ1) is 17.3. The molecule has 4 aromatic heterocycles. The molecule has 0 saturated carbocycles. The molecule has 1 amide bonds. The Morgan fingerprint density at radius 2 is 1.97 bits per heavy atom. The molecule has 0 radical (unpaired) electrons. The molecule has 0 aliphatic carbocycles. The van der Waals surface area contributed by atoms with Crippen LogP contribution in [0.25, 0.3) is 21.9 Å². The molecule has 9 nitrogen and oxygen atoms in total. The van der Waals surface area contributed by atoms with E-state index >= 15 is 0 Å². The minimum absolute atomic E-state index is 0.216. The largest absolute Gasteiger partial charge is 0.481 e. The van der Waals surface area contributed by atoms with Crippen LogP contribution < -0.4 is 15.8 Å². The predicted molar refractivity (Wildman–Crippen MR) is 139 cm³/mol. The standard InChI is InChI=1S/C26H24ClN7O2/c1-14-8-22(28)31-15(2)19(14)12-30-26(35)25-24-21(6-7-23(32-24)36-3)34(33-25)13-16-4-5-20-17(9-16)10-18(27)11-29-20/h4-11H,12-13H2,1-3H3,(H2,28,31)(H,30,35). The van der Waals surface area contributed by atoms with Crippen LogP contribution in [0, 0.1) is 13.8 Å². The average Bonchev–Trinajstić information content (AvgIpc) is 3.20. The van der Waals surface area contributed by atoms with Crippen molar-refractivity contribution >= 4 is 45.3 Å². The van der Waals surface area contributed by atoms with Crippen molar-refractivity contribution in [1.82, 2.24) is 30.0 Å². The summed E-state index contributed by atoms with van der Waals surface area (Å²) in [5, 5.41) is 9.09. The molecule has 10 heteroatoms. The van der Waals surface area contributed by atoms with E-state index in [-0.39, 0.29) is 11.6 Å². The van der Waals surface area contributed by atoms with E-state index in [1.54, 1.807) is 23.0 Å². The Hall–Kier alpha value is -4.24. The Kier molecular flexibility index (Phi) is 6.15. The zero-order chi connectivity index (χ0) is 25.4. The fourth-order valence-electron chi connectivity index (χ4n) is 4.26. The van der Waals surface area contributed by atoms with Crippen LogP contribution >= 0.6 is 11.6 Å². The zero-order valence-electron chi connectivity index (χ0n) is 20.0. The highest BCUT2D eigenvalue weighted by molar-refractivity contribution is 6.31. The van der Waals surface area contributed by atoms with E-state index in [4.69, 9.17) is 22.1 Å². The monoisotopic (exact) mass is 501 g/mol. The molecular weight excluding hydrogens is 478 g/mol. The zero-order valence-corrected chi connectivity index (χ0v) is 20.8. The van der Waals surface area contributed by atoms with Crippen molar-refractivity contribution in [3.63, 3.8) is 0 Å². The van der Waals surface area contributed by atoms with Crippen molar-refractivity contribution in [1.29, 1.82) is 0 Å². The number of rotatable bonds is 6. The minimum Gasteiger partial charge on any atom is -0.481 e. The molecule has 0 bridgehead atoms. The van der Waals surface area contributed by atoms with Crippen molar-refractivity contribution in [2.24, 2.45) is 0 Å². The van der Waals surface area contributed by atoms with Gasteiger partial charge in [-0.05, 0) is 60.9 Å². The van der Waals surface area contributed by atoms with Gasteiger partial charge in [0, 0.05) is 29.9 Å². The first-order valence-corrected chi connectivity index (χ1v) is 11.7. The number of anilines is 1. The first-order valence-electron chi connectivity index (χ1n) is 11.3. The predicted octanol–water partition coefficient (Wildman–Crippen LogP) is 4.21. The Morgan fingerprint density at radius 1 is 1.14 bits per heavy atom. The fourth-order valence-corrected chi connectivity index (χ4v) is 4.42. The number of nitrogens with zero attached hydrogens (tertiary/aromatic N) is 5. The molecule has 36 heavy (non-hydrogen) atoms. The third-order valence-electron chi connectivity index (χ3n) is 6.04. The van der Waals surface area contributed by atoms with Gasteiger partial charge in [-0.25, -0.2) is 9.97 Å². The maximum atomic E-state index is 13.3. The first kappa shape index (κ1) is 23.5. The lowest BCUT2D eigenvalue weighted by Gasteiger charge is -2.11. The summed E-state index contributed by atoms with van der Waals surface area (Å²) in [4.78, 5) is 26.4. The van der Waals surface area contributed by atoms with E-state index in [1.807, 2.05) is 44.2 Å². The van der Waals surface area contributed by atoms with Crippen LogP contribution in [0.4, 0.5) is 5.82 Å². The number of amides is 1. The topological polar surface area (TPSA) is 121 Å². The summed E-state index contributed by atoms with van der Waals surface area (Å²) in [5.41, 5.74) is 11.7. The van der Waals surface area contributed by atoms with Gasteiger partial charge in [0.15, 0.2) is 5.69 Å². The number of fused-ring (bicyclic) bond motifs is 2. The molecule has 0 unspecified atom stereocenters. The molecule has 0 fully saturated rings. The lowest BCUT2D eigenvalue weighted by Crippen LogP contribution is -2.25. The maximum Gasteiger partial charge on any atom is 0.274 e. The number of methoxy groups -OCH3 is 1. The van der Waals surface area contributed by atoms with Gasteiger partial charge >= 0.3 is 0 Å². The molecule has 4 heterocycles.